The number of ether oxygens (including phenoxy) is 1. The minimum atomic E-state index is -0.464. The molecule has 3 N–H and O–H groups in total. The smallest absolute Gasteiger partial charge is 0.407 e. The lowest BCUT2D eigenvalue weighted by Crippen LogP contribution is -2.33. The second-order valence-corrected chi connectivity index (χ2v) is 3.28. The second kappa shape index (κ2) is 5.36. The highest BCUT2D eigenvalue weighted by molar-refractivity contribution is 5.67. The van der Waals surface area contributed by atoms with Crippen LogP contribution < -0.4 is 11.1 Å². The Balaban J connectivity index is 2.83. The molecule has 15 heavy (non-hydrogen) atoms. The topological polar surface area (TPSA) is 64.3 Å². The molecule has 0 bridgehead atoms. The van der Waals surface area contributed by atoms with Gasteiger partial charge < -0.3 is 15.8 Å². The maximum absolute atomic E-state index is 11.1. The number of carbonyl (C=O) groups is 1. The summed E-state index contributed by atoms with van der Waals surface area (Å²) in [4.78, 5) is 11.1. The first-order valence-electron chi connectivity index (χ1n) is 4.79. The van der Waals surface area contributed by atoms with Gasteiger partial charge in [0.05, 0.1) is 13.2 Å². The highest BCUT2D eigenvalue weighted by Crippen LogP contribution is 2.16. The Morgan fingerprint density at radius 1 is 1.53 bits per heavy atom. The largest absolute Gasteiger partial charge is 0.453 e. The molecule has 0 heterocycles. The lowest BCUT2D eigenvalue weighted by molar-refractivity contribution is 0.167. The molecular weight excluding hydrogens is 192 g/mol. The number of amides is 1. The van der Waals surface area contributed by atoms with Crippen LogP contribution in [0.2, 0.25) is 0 Å². The summed E-state index contributed by atoms with van der Waals surface area (Å²) >= 11 is 0. The van der Waals surface area contributed by atoms with Gasteiger partial charge in [0.15, 0.2) is 0 Å². The molecule has 82 valence electrons. The molecule has 0 fully saturated rings. The predicted octanol–water partition coefficient (Wildman–Crippen LogP) is 1.35. The van der Waals surface area contributed by atoms with Crippen molar-refractivity contribution in [3.05, 3.63) is 35.4 Å². The number of rotatable bonds is 3. The zero-order chi connectivity index (χ0) is 11.3. The molecule has 4 nitrogen and oxygen atoms in total. The average molecular weight is 208 g/mol. The Hall–Kier alpha value is -1.55. The highest BCUT2D eigenvalue weighted by Gasteiger charge is 2.14. The third-order valence-corrected chi connectivity index (χ3v) is 2.28. The van der Waals surface area contributed by atoms with Crippen LogP contribution in [0.4, 0.5) is 4.79 Å². The summed E-state index contributed by atoms with van der Waals surface area (Å²) < 4.78 is 4.54. The highest BCUT2D eigenvalue weighted by atomic mass is 16.5. The summed E-state index contributed by atoms with van der Waals surface area (Å²) in [5.74, 6) is 0. The number of methoxy groups -OCH3 is 1. The molecule has 1 atom stereocenters. The van der Waals surface area contributed by atoms with Crippen molar-refractivity contribution in [3.63, 3.8) is 0 Å². The molecule has 0 saturated carbocycles. The number of aryl methyl sites for hydroxylation is 1. The number of hydrogen-bond donors (Lipinski definition) is 2. The van der Waals surface area contributed by atoms with Crippen LogP contribution in [0.3, 0.4) is 0 Å². The molecule has 0 radical (unpaired) electrons. The lowest BCUT2D eigenvalue weighted by atomic mass is 10.0. The summed E-state index contributed by atoms with van der Waals surface area (Å²) in [7, 11) is 1.33. The van der Waals surface area contributed by atoms with Crippen molar-refractivity contribution in [1.29, 1.82) is 0 Å². The fraction of sp³-hybridized carbons (Fsp3) is 0.364. The van der Waals surface area contributed by atoms with Gasteiger partial charge in [-0.1, -0.05) is 24.3 Å². The molecule has 1 unspecified atom stereocenters. The van der Waals surface area contributed by atoms with Crippen LogP contribution in [-0.2, 0) is 4.74 Å². The normalized spacial score (nSPS) is 11.9. The summed E-state index contributed by atoms with van der Waals surface area (Å²) in [5.41, 5.74) is 7.73. The molecule has 4 heteroatoms. The van der Waals surface area contributed by atoms with Gasteiger partial charge >= 0.3 is 6.09 Å². The molecule has 0 aliphatic heterocycles. The molecule has 0 saturated heterocycles. The van der Waals surface area contributed by atoms with Crippen molar-refractivity contribution in [3.8, 4) is 0 Å². The van der Waals surface area contributed by atoms with E-state index in [9.17, 15) is 4.79 Å². The molecule has 1 rings (SSSR count). The van der Waals surface area contributed by atoms with E-state index >= 15 is 0 Å². The summed E-state index contributed by atoms with van der Waals surface area (Å²) in [6.07, 6.45) is -0.464. The maximum Gasteiger partial charge on any atom is 0.407 e. The summed E-state index contributed by atoms with van der Waals surface area (Å²) in [6.45, 7) is 2.33. The van der Waals surface area contributed by atoms with E-state index in [4.69, 9.17) is 5.73 Å². The van der Waals surface area contributed by atoms with Crippen LogP contribution in [0.5, 0.6) is 0 Å². The predicted molar refractivity (Wildman–Crippen MR) is 58.5 cm³/mol. The first kappa shape index (κ1) is 11.5. The van der Waals surface area contributed by atoms with E-state index in [0.717, 1.165) is 11.1 Å². The van der Waals surface area contributed by atoms with Crippen LogP contribution in [-0.4, -0.2) is 19.7 Å². The molecule has 0 aliphatic carbocycles. The molecular formula is C11H16N2O2. The van der Waals surface area contributed by atoms with Gasteiger partial charge in [0.2, 0.25) is 0 Å². The second-order valence-electron chi connectivity index (χ2n) is 3.28. The fourth-order valence-corrected chi connectivity index (χ4v) is 1.44. The molecule has 1 amide bonds. The first-order valence-corrected chi connectivity index (χ1v) is 4.79. The SMILES string of the molecule is COC(=O)NC(CN)c1ccccc1C. The monoisotopic (exact) mass is 208 g/mol. The number of alkyl carbamates (subject to hydrolysis) is 1. The lowest BCUT2D eigenvalue weighted by Gasteiger charge is -2.18. The third-order valence-electron chi connectivity index (χ3n) is 2.28. The van der Waals surface area contributed by atoms with Gasteiger partial charge in [-0.05, 0) is 18.1 Å². The van der Waals surface area contributed by atoms with Gasteiger partial charge in [0.25, 0.3) is 0 Å². The number of carbonyl (C=O) groups excluding carboxylic acids is 1. The summed E-state index contributed by atoms with van der Waals surface area (Å²) in [5, 5.41) is 2.69. The van der Waals surface area contributed by atoms with Gasteiger partial charge in [-0.15, -0.1) is 0 Å². The van der Waals surface area contributed by atoms with Crippen molar-refractivity contribution in [2.75, 3.05) is 13.7 Å². The van der Waals surface area contributed by atoms with E-state index in [1.165, 1.54) is 7.11 Å². The minimum absolute atomic E-state index is 0.196. The first-order chi connectivity index (χ1) is 7.19. The van der Waals surface area contributed by atoms with Crippen LogP contribution in [0.15, 0.2) is 24.3 Å². The van der Waals surface area contributed by atoms with Crippen LogP contribution in [0.1, 0.15) is 17.2 Å². The summed E-state index contributed by atoms with van der Waals surface area (Å²) in [6, 6.07) is 7.60. The number of nitrogens with one attached hydrogen (secondary N) is 1. The van der Waals surface area contributed by atoms with E-state index in [2.05, 4.69) is 10.1 Å². The number of hydrogen-bond acceptors (Lipinski definition) is 3. The average Bonchev–Trinajstić information content (AvgIpc) is 2.26. The van der Waals surface area contributed by atoms with Gasteiger partial charge in [0.1, 0.15) is 0 Å². The van der Waals surface area contributed by atoms with Gasteiger partial charge in [-0.25, -0.2) is 4.79 Å². The number of nitrogens with two attached hydrogens (primary N) is 1. The zero-order valence-corrected chi connectivity index (χ0v) is 8.99. The van der Waals surface area contributed by atoms with E-state index in [-0.39, 0.29) is 6.04 Å². The fourth-order valence-electron chi connectivity index (χ4n) is 1.44. The van der Waals surface area contributed by atoms with Gasteiger partial charge in [-0.2, -0.15) is 0 Å². The van der Waals surface area contributed by atoms with Crippen molar-refractivity contribution < 1.29 is 9.53 Å². The Labute approximate surface area is 89.4 Å². The number of benzene rings is 1. The maximum atomic E-state index is 11.1. The van der Waals surface area contributed by atoms with Crippen LogP contribution >= 0.6 is 0 Å². The van der Waals surface area contributed by atoms with Crippen LogP contribution in [0.25, 0.3) is 0 Å². The van der Waals surface area contributed by atoms with Crippen molar-refractivity contribution >= 4 is 6.09 Å². The zero-order valence-electron chi connectivity index (χ0n) is 8.99. The Morgan fingerprint density at radius 3 is 2.73 bits per heavy atom. The van der Waals surface area contributed by atoms with E-state index in [0.29, 0.717) is 6.54 Å². The van der Waals surface area contributed by atoms with Gasteiger partial charge in [0, 0.05) is 6.54 Å². The van der Waals surface area contributed by atoms with Gasteiger partial charge in [-0.3, -0.25) is 0 Å². The van der Waals surface area contributed by atoms with Crippen LogP contribution in [0, 0.1) is 6.92 Å². The van der Waals surface area contributed by atoms with E-state index in [1.807, 2.05) is 31.2 Å². The Kier molecular flexibility index (Phi) is 4.12. The Morgan fingerprint density at radius 2 is 2.20 bits per heavy atom. The molecule has 0 spiro atoms. The van der Waals surface area contributed by atoms with Crippen molar-refractivity contribution in [2.24, 2.45) is 5.73 Å². The van der Waals surface area contributed by atoms with E-state index in [1.54, 1.807) is 0 Å². The van der Waals surface area contributed by atoms with E-state index < -0.39 is 6.09 Å². The van der Waals surface area contributed by atoms with Crippen molar-refractivity contribution in [1.82, 2.24) is 5.32 Å². The molecule has 0 aromatic heterocycles. The standard InChI is InChI=1S/C11H16N2O2/c1-8-5-3-4-6-9(8)10(7-12)13-11(14)15-2/h3-6,10H,7,12H2,1-2H3,(H,13,14). The van der Waals surface area contributed by atoms with Crippen molar-refractivity contribution in [2.45, 2.75) is 13.0 Å². The molecule has 1 aromatic rings. The Bertz CT molecular complexity index is 339. The third kappa shape index (κ3) is 2.95. The molecule has 1 aromatic carbocycles. The molecule has 0 aliphatic rings. The minimum Gasteiger partial charge on any atom is -0.453 e. The quantitative estimate of drug-likeness (QED) is 0.788.